The molecule has 0 bridgehead atoms. The lowest BCUT2D eigenvalue weighted by Gasteiger charge is -2.33. The van der Waals surface area contributed by atoms with Crippen molar-refractivity contribution in [1.29, 1.82) is 0 Å². The minimum atomic E-state index is -4.12. The highest BCUT2D eigenvalue weighted by Gasteiger charge is 2.34. The Balaban J connectivity index is 2.10. The fourth-order valence-corrected chi connectivity index (χ4v) is 5.92. The van der Waals surface area contributed by atoms with Gasteiger partial charge in [-0.05, 0) is 94.1 Å². The average molecular weight is 580 g/mol. The Morgan fingerprint density at radius 1 is 0.927 bits per heavy atom. The molecule has 1 unspecified atom stereocenters. The van der Waals surface area contributed by atoms with Crippen LogP contribution in [0.4, 0.5) is 5.69 Å². The van der Waals surface area contributed by atoms with Crippen molar-refractivity contribution in [3.63, 3.8) is 0 Å². The van der Waals surface area contributed by atoms with E-state index in [0.29, 0.717) is 17.9 Å². The van der Waals surface area contributed by atoms with Gasteiger partial charge in [-0.15, -0.1) is 0 Å². The first kappa shape index (κ1) is 31.7. The summed E-state index contributed by atoms with van der Waals surface area (Å²) < 4.78 is 34.5. The maximum Gasteiger partial charge on any atom is 0.264 e. The van der Waals surface area contributed by atoms with E-state index in [1.807, 2.05) is 59.7 Å². The summed E-state index contributed by atoms with van der Waals surface area (Å²) in [5.41, 5.74) is 3.96. The topological polar surface area (TPSA) is 96.0 Å². The van der Waals surface area contributed by atoms with Crippen molar-refractivity contribution in [1.82, 2.24) is 10.2 Å². The summed E-state index contributed by atoms with van der Waals surface area (Å²) in [6.07, 6.45) is 0.350. The Labute approximate surface area is 244 Å². The molecule has 220 valence electrons. The SMILES string of the molecule is CCC(C(=O)NC(C)C)N(Cc1cccc(OC)c1)C(=O)CN(c1ccc(C)c(C)c1)S(=O)(=O)c1ccc(C)cc1. The fourth-order valence-electron chi connectivity index (χ4n) is 4.51. The summed E-state index contributed by atoms with van der Waals surface area (Å²) in [5.74, 6) is -0.168. The zero-order valence-electron chi connectivity index (χ0n) is 25.0. The molecule has 8 nitrogen and oxygen atoms in total. The second-order valence-electron chi connectivity index (χ2n) is 10.6. The number of methoxy groups -OCH3 is 1. The van der Waals surface area contributed by atoms with E-state index in [-0.39, 0.29) is 23.4 Å². The van der Waals surface area contributed by atoms with E-state index in [1.165, 1.54) is 4.90 Å². The zero-order valence-corrected chi connectivity index (χ0v) is 25.8. The molecule has 0 spiro atoms. The number of aryl methyl sites for hydroxylation is 3. The average Bonchev–Trinajstić information content (AvgIpc) is 2.93. The first-order chi connectivity index (χ1) is 19.4. The summed E-state index contributed by atoms with van der Waals surface area (Å²) in [4.78, 5) is 29.0. The van der Waals surface area contributed by atoms with Crippen LogP contribution in [0.3, 0.4) is 0 Å². The van der Waals surface area contributed by atoms with Crippen LogP contribution in [0.25, 0.3) is 0 Å². The number of rotatable bonds is 12. The predicted molar refractivity (Wildman–Crippen MR) is 163 cm³/mol. The van der Waals surface area contributed by atoms with E-state index >= 15 is 0 Å². The third-order valence-corrected chi connectivity index (χ3v) is 8.76. The van der Waals surface area contributed by atoms with E-state index in [1.54, 1.807) is 55.6 Å². The number of hydrogen-bond acceptors (Lipinski definition) is 5. The normalized spacial score (nSPS) is 12.1. The molecule has 0 aliphatic heterocycles. The molecule has 2 amide bonds. The second-order valence-corrected chi connectivity index (χ2v) is 12.4. The first-order valence-corrected chi connectivity index (χ1v) is 15.2. The number of ether oxygens (including phenoxy) is 1. The largest absolute Gasteiger partial charge is 0.497 e. The summed E-state index contributed by atoms with van der Waals surface area (Å²) in [6.45, 7) is 10.9. The summed E-state index contributed by atoms with van der Waals surface area (Å²) in [6, 6.07) is 18.2. The van der Waals surface area contributed by atoms with Gasteiger partial charge in [-0.3, -0.25) is 13.9 Å². The molecule has 3 aromatic carbocycles. The molecular weight excluding hydrogens is 538 g/mol. The van der Waals surface area contributed by atoms with Crippen LogP contribution in [-0.2, 0) is 26.2 Å². The van der Waals surface area contributed by atoms with E-state index < -0.39 is 28.5 Å². The van der Waals surface area contributed by atoms with Crippen molar-refractivity contribution >= 4 is 27.5 Å². The van der Waals surface area contributed by atoms with Gasteiger partial charge in [-0.25, -0.2) is 8.42 Å². The van der Waals surface area contributed by atoms with Gasteiger partial charge in [-0.2, -0.15) is 0 Å². The lowest BCUT2D eigenvalue weighted by molar-refractivity contribution is -0.140. The van der Waals surface area contributed by atoms with Crippen molar-refractivity contribution in [2.75, 3.05) is 18.0 Å². The highest BCUT2D eigenvalue weighted by molar-refractivity contribution is 7.92. The summed E-state index contributed by atoms with van der Waals surface area (Å²) in [7, 11) is -2.56. The molecule has 1 N–H and O–H groups in total. The van der Waals surface area contributed by atoms with Crippen LogP contribution in [0, 0.1) is 20.8 Å². The second kappa shape index (κ2) is 13.7. The van der Waals surface area contributed by atoms with Crippen LogP contribution in [0.5, 0.6) is 5.75 Å². The zero-order chi connectivity index (χ0) is 30.3. The van der Waals surface area contributed by atoms with Crippen molar-refractivity contribution in [3.8, 4) is 5.75 Å². The molecule has 0 radical (unpaired) electrons. The smallest absolute Gasteiger partial charge is 0.264 e. The number of carbonyl (C=O) groups is 2. The number of amides is 2. The monoisotopic (exact) mass is 579 g/mol. The Hall–Kier alpha value is -3.85. The van der Waals surface area contributed by atoms with Crippen LogP contribution in [0.2, 0.25) is 0 Å². The minimum absolute atomic E-state index is 0.0815. The van der Waals surface area contributed by atoms with Crippen molar-refractivity contribution in [3.05, 3.63) is 89.0 Å². The number of hydrogen-bond donors (Lipinski definition) is 1. The Morgan fingerprint density at radius 3 is 2.20 bits per heavy atom. The number of sulfonamides is 1. The van der Waals surface area contributed by atoms with Gasteiger partial charge in [0.2, 0.25) is 11.8 Å². The molecule has 0 aliphatic carbocycles. The predicted octanol–water partition coefficient (Wildman–Crippen LogP) is 5.15. The summed E-state index contributed by atoms with van der Waals surface area (Å²) in [5, 5.41) is 2.91. The lowest BCUT2D eigenvalue weighted by atomic mass is 10.1. The van der Waals surface area contributed by atoms with Crippen LogP contribution >= 0.6 is 0 Å². The van der Waals surface area contributed by atoms with E-state index in [0.717, 1.165) is 26.6 Å². The van der Waals surface area contributed by atoms with E-state index in [2.05, 4.69) is 5.32 Å². The molecule has 0 aromatic heterocycles. The molecule has 0 heterocycles. The lowest BCUT2D eigenvalue weighted by Crippen LogP contribution is -2.53. The van der Waals surface area contributed by atoms with Crippen LogP contribution in [0.1, 0.15) is 49.4 Å². The quantitative estimate of drug-likeness (QED) is 0.320. The molecule has 1 atom stereocenters. The molecule has 3 aromatic rings. The Morgan fingerprint density at radius 2 is 1.61 bits per heavy atom. The molecule has 0 saturated heterocycles. The summed E-state index contributed by atoms with van der Waals surface area (Å²) >= 11 is 0. The van der Waals surface area contributed by atoms with E-state index in [9.17, 15) is 18.0 Å². The van der Waals surface area contributed by atoms with Crippen molar-refractivity contribution in [2.24, 2.45) is 0 Å². The highest BCUT2D eigenvalue weighted by atomic mass is 32.2. The molecule has 3 rings (SSSR count). The minimum Gasteiger partial charge on any atom is -0.497 e. The first-order valence-electron chi connectivity index (χ1n) is 13.8. The fraction of sp³-hybridized carbons (Fsp3) is 0.375. The molecule has 0 saturated carbocycles. The molecule has 41 heavy (non-hydrogen) atoms. The van der Waals surface area contributed by atoms with Crippen molar-refractivity contribution < 1.29 is 22.7 Å². The number of carbonyl (C=O) groups excluding carboxylic acids is 2. The third kappa shape index (κ3) is 7.88. The van der Waals surface area contributed by atoms with Crippen LogP contribution in [0.15, 0.2) is 71.6 Å². The molecule has 9 heteroatoms. The van der Waals surface area contributed by atoms with Gasteiger partial charge in [0.05, 0.1) is 17.7 Å². The number of nitrogens with zero attached hydrogens (tertiary/aromatic N) is 2. The van der Waals surface area contributed by atoms with Crippen LogP contribution < -0.4 is 14.4 Å². The van der Waals surface area contributed by atoms with Gasteiger partial charge < -0.3 is 15.0 Å². The van der Waals surface area contributed by atoms with Crippen LogP contribution in [-0.4, -0.2) is 50.9 Å². The van der Waals surface area contributed by atoms with Crippen molar-refractivity contribution in [2.45, 2.75) is 71.5 Å². The number of nitrogens with one attached hydrogen (secondary N) is 1. The maximum absolute atomic E-state index is 14.2. The van der Waals surface area contributed by atoms with Gasteiger partial charge in [-0.1, -0.05) is 42.8 Å². The molecule has 0 fully saturated rings. The number of anilines is 1. The molecular formula is C32H41N3O5S. The number of benzene rings is 3. The van der Waals surface area contributed by atoms with Gasteiger partial charge >= 0.3 is 0 Å². The van der Waals surface area contributed by atoms with E-state index in [4.69, 9.17) is 4.74 Å². The third-order valence-electron chi connectivity index (χ3n) is 6.97. The van der Waals surface area contributed by atoms with Gasteiger partial charge in [0, 0.05) is 12.6 Å². The standard InChI is InChI=1S/C32H41N3O5S/c1-8-30(32(37)33-22(2)3)34(20-26-10-9-11-28(19-26)40-7)31(36)21-35(27-15-14-24(5)25(6)18-27)41(38,39)29-16-12-23(4)13-17-29/h9-19,22,30H,8,20-21H2,1-7H3,(H,33,37). The highest BCUT2D eigenvalue weighted by Crippen LogP contribution is 2.27. The van der Waals surface area contributed by atoms with Gasteiger partial charge in [0.25, 0.3) is 10.0 Å². The Kier molecular flexibility index (Phi) is 10.6. The van der Waals surface area contributed by atoms with Gasteiger partial charge in [0.1, 0.15) is 18.3 Å². The maximum atomic E-state index is 14.2. The molecule has 0 aliphatic rings. The Bertz CT molecular complexity index is 1470. The van der Waals surface area contributed by atoms with Gasteiger partial charge in [0.15, 0.2) is 0 Å².